The minimum absolute atomic E-state index is 0.0216. The summed E-state index contributed by atoms with van der Waals surface area (Å²) in [7, 11) is 1.38. The molecule has 1 amide bonds. The Morgan fingerprint density at radius 3 is 2.97 bits per heavy atom. The van der Waals surface area contributed by atoms with Crippen LogP contribution >= 0.6 is 0 Å². The third-order valence-electron chi connectivity index (χ3n) is 5.11. The van der Waals surface area contributed by atoms with Crippen molar-refractivity contribution in [1.29, 1.82) is 0 Å². The third-order valence-corrected chi connectivity index (χ3v) is 5.11. The van der Waals surface area contributed by atoms with Crippen molar-refractivity contribution in [3.63, 3.8) is 0 Å². The number of aromatic nitrogens is 3. The second-order valence-corrected chi connectivity index (χ2v) is 7.00. The number of rotatable bonds is 5. The standard InChI is InChI=1S/C21H22N4O4/c1-28-19-14-29-18(11-17(19)26)21(27)25-9-4-5-15(12-25)20-23-8-10-24(20)13-16-6-2-3-7-22-16/h2-3,6-8,10-11,14-15H,4-5,9,12-13H2,1H3/t15-/m1/s1. The van der Waals surface area contributed by atoms with Crippen molar-refractivity contribution in [1.82, 2.24) is 19.4 Å². The lowest BCUT2D eigenvalue weighted by Crippen LogP contribution is -2.40. The largest absolute Gasteiger partial charge is 0.490 e. The molecule has 1 fully saturated rings. The molecule has 4 rings (SSSR count). The van der Waals surface area contributed by atoms with Crippen LogP contribution in [0, 0.1) is 0 Å². The summed E-state index contributed by atoms with van der Waals surface area (Å²) >= 11 is 0. The third kappa shape index (κ3) is 4.06. The molecule has 29 heavy (non-hydrogen) atoms. The molecule has 0 aliphatic carbocycles. The van der Waals surface area contributed by atoms with Crippen molar-refractivity contribution < 1.29 is 13.9 Å². The number of ether oxygens (including phenoxy) is 1. The molecule has 0 spiro atoms. The topological polar surface area (TPSA) is 90.5 Å². The smallest absolute Gasteiger partial charge is 0.289 e. The molecule has 1 aliphatic rings. The fraction of sp³-hybridized carbons (Fsp3) is 0.333. The Kier molecular flexibility index (Phi) is 5.41. The molecule has 8 nitrogen and oxygen atoms in total. The maximum atomic E-state index is 12.9. The molecule has 3 aromatic heterocycles. The Morgan fingerprint density at radius 1 is 1.31 bits per heavy atom. The van der Waals surface area contributed by atoms with E-state index in [9.17, 15) is 9.59 Å². The van der Waals surface area contributed by atoms with E-state index in [1.807, 2.05) is 24.4 Å². The summed E-state index contributed by atoms with van der Waals surface area (Å²) < 4.78 is 12.3. The van der Waals surface area contributed by atoms with Crippen LogP contribution in [0.1, 0.15) is 40.8 Å². The molecular formula is C21H22N4O4. The average Bonchev–Trinajstić information content (AvgIpc) is 3.22. The van der Waals surface area contributed by atoms with Crippen molar-refractivity contribution in [2.45, 2.75) is 25.3 Å². The Balaban J connectivity index is 1.50. The first-order chi connectivity index (χ1) is 14.2. The molecule has 0 bridgehead atoms. The van der Waals surface area contributed by atoms with Crippen LogP contribution in [0.3, 0.4) is 0 Å². The number of nitrogens with zero attached hydrogens (tertiary/aromatic N) is 4. The number of hydrogen-bond acceptors (Lipinski definition) is 6. The molecule has 1 atom stereocenters. The fourth-order valence-electron chi connectivity index (χ4n) is 3.67. The molecule has 0 radical (unpaired) electrons. The van der Waals surface area contributed by atoms with Crippen LogP contribution in [0.2, 0.25) is 0 Å². The van der Waals surface area contributed by atoms with Crippen molar-refractivity contribution in [2.24, 2.45) is 0 Å². The summed E-state index contributed by atoms with van der Waals surface area (Å²) in [5.41, 5.74) is 0.581. The highest BCUT2D eigenvalue weighted by Crippen LogP contribution is 2.27. The van der Waals surface area contributed by atoms with E-state index in [1.165, 1.54) is 19.4 Å². The van der Waals surface area contributed by atoms with E-state index in [4.69, 9.17) is 9.15 Å². The van der Waals surface area contributed by atoms with Gasteiger partial charge in [-0.2, -0.15) is 0 Å². The Labute approximate surface area is 167 Å². The quantitative estimate of drug-likeness (QED) is 0.660. The van der Waals surface area contributed by atoms with Gasteiger partial charge in [0.25, 0.3) is 5.91 Å². The highest BCUT2D eigenvalue weighted by atomic mass is 16.5. The van der Waals surface area contributed by atoms with Gasteiger partial charge in [-0.05, 0) is 25.0 Å². The van der Waals surface area contributed by atoms with Crippen LogP contribution < -0.4 is 10.2 Å². The number of amides is 1. The van der Waals surface area contributed by atoms with Gasteiger partial charge in [0, 0.05) is 43.7 Å². The summed E-state index contributed by atoms with van der Waals surface area (Å²) in [4.78, 5) is 35.5. The molecule has 1 saturated heterocycles. The van der Waals surface area contributed by atoms with Gasteiger partial charge in [-0.15, -0.1) is 0 Å². The van der Waals surface area contributed by atoms with Gasteiger partial charge in [-0.3, -0.25) is 14.6 Å². The first-order valence-corrected chi connectivity index (χ1v) is 9.52. The molecule has 1 aliphatic heterocycles. The number of imidazole rings is 1. The number of methoxy groups -OCH3 is 1. The van der Waals surface area contributed by atoms with E-state index >= 15 is 0 Å². The number of pyridine rings is 1. The SMILES string of the molecule is COc1coc(C(=O)N2CCC[C@@H](c3nccn3Cc3ccccn3)C2)cc1=O. The summed E-state index contributed by atoms with van der Waals surface area (Å²) in [6, 6.07) is 7.02. The summed E-state index contributed by atoms with van der Waals surface area (Å²) in [6.07, 6.45) is 8.46. The van der Waals surface area contributed by atoms with Crippen LogP contribution in [0.25, 0.3) is 0 Å². The first-order valence-electron chi connectivity index (χ1n) is 9.52. The number of piperidine rings is 1. The highest BCUT2D eigenvalue weighted by Gasteiger charge is 2.29. The predicted octanol–water partition coefficient (Wildman–Crippen LogP) is 2.31. The van der Waals surface area contributed by atoms with E-state index in [-0.39, 0.29) is 28.8 Å². The van der Waals surface area contributed by atoms with Crippen LogP contribution in [0.15, 0.2) is 58.3 Å². The zero-order valence-corrected chi connectivity index (χ0v) is 16.2. The molecule has 150 valence electrons. The van der Waals surface area contributed by atoms with Crippen LogP contribution in [0.5, 0.6) is 5.75 Å². The molecular weight excluding hydrogens is 372 g/mol. The van der Waals surface area contributed by atoms with E-state index < -0.39 is 0 Å². The van der Waals surface area contributed by atoms with Gasteiger partial charge in [0.05, 0.1) is 19.3 Å². The van der Waals surface area contributed by atoms with Crippen LogP contribution in [0.4, 0.5) is 0 Å². The van der Waals surface area contributed by atoms with Gasteiger partial charge in [-0.25, -0.2) is 4.98 Å². The second kappa shape index (κ2) is 8.30. The van der Waals surface area contributed by atoms with Crippen LogP contribution in [-0.2, 0) is 6.54 Å². The van der Waals surface area contributed by atoms with Crippen molar-refractivity contribution >= 4 is 5.91 Å². The van der Waals surface area contributed by atoms with Gasteiger partial charge in [-0.1, -0.05) is 6.07 Å². The van der Waals surface area contributed by atoms with Crippen molar-refractivity contribution in [2.75, 3.05) is 20.2 Å². The minimum Gasteiger partial charge on any atom is -0.490 e. The van der Waals surface area contributed by atoms with Gasteiger partial charge in [0.2, 0.25) is 11.2 Å². The Bertz CT molecular complexity index is 1040. The summed E-state index contributed by atoms with van der Waals surface area (Å²) in [5.74, 6) is 0.848. The molecule has 3 aromatic rings. The lowest BCUT2D eigenvalue weighted by Gasteiger charge is -2.32. The average molecular weight is 394 g/mol. The number of likely N-dealkylation sites (tertiary alicyclic amines) is 1. The minimum atomic E-state index is -0.374. The van der Waals surface area contributed by atoms with Gasteiger partial charge in [0.1, 0.15) is 12.1 Å². The Morgan fingerprint density at radius 2 is 2.21 bits per heavy atom. The fourth-order valence-corrected chi connectivity index (χ4v) is 3.67. The lowest BCUT2D eigenvalue weighted by atomic mass is 9.96. The summed E-state index contributed by atoms with van der Waals surface area (Å²) in [6.45, 7) is 1.77. The molecule has 8 heteroatoms. The van der Waals surface area contributed by atoms with E-state index in [0.717, 1.165) is 24.4 Å². The normalized spacial score (nSPS) is 16.6. The predicted molar refractivity (Wildman–Crippen MR) is 105 cm³/mol. The number of carbonyl (C=O) groups is 1. The second-order valence-electron chi connectivity index (χ2n) is 7.00. The number of carbonyl (C=O) groups excluding carboxylic acids is 1. The highest BCUT2D eigenvalue weighted by molar-refractivity contribution is 5.91. The molecule has 0 N–H and O–H groups in total. The van der Waals surface area contributed by atoms with Crippen molar-refractivity contribution in [3.05, 3.63) is 76.6 Å². The van der Waals surface area contributed by atoms with Gasteiger partial charge >= 0.3 is 0 Å². The molecule has 4 heterocycles. The first kappa shape index (κ1) is 18.9. The summed E-state index contributed by atoms with van der Waals surface area (Å²) in [5, 5.41) is 0. The monoisotopic (exact) mass is 394 g/mol. The molecule has 0 aromatic carbocycles. The van der Waals surface area contributed by atoms with E-state index in [1.54, 1.807) is 17.3 Å². The molecule has 0 saturated carbocycles. The van der Waals surface area contributed by atoms with Gasteiger partial charge in [0.15, 0.2) is 5.76 Å². The maximum absolute atomic E-state index is 12.9. The molecule has 0 unspecified atom stereocenters. The zero-order chi connectivity index (χ0) is 20.2. The zero-order valence-electron chi connectivity index (χ0n) is 16.2. The van der Waals surface area contributed by atoms with E-state index in [0.29, 0.717) is 19.6 Å². The lowest BCUT2D eigenvalue weighted by molar-refractivity contribution is 0.0667. The van der Waals surface area contributed by atoms with Crippen molar-refractivity contribution in [3.8, 4) is 5.75 Å². The maximum Gasteiger partial charge on any atom is 0.289 e. The number of hydrogen-bond donors (Lipinski definition) is 0. The Hall–Kier alpha value is -3.42. The van der Waals surface area contributed by atoms with Gasteiger partial charge < -0.3 is 18.6 Å². The van der Waals surface area contributed by atoms with Crippen LogP contribution in [-0.4, -0.2) is 45.5 Å². The van der Waals surface area contributed by atoms with E-state index in [2.05, 4.69) is 14.5 Å².